The second-order valence-electron chi connectivity index (χ2n) is 10.4. The molecule has 1 heterocycles. The molecule has 3 rings (SSSR count). The van der Waals surface area contributed by atoms with Crippen LogP contribution in [0.15, 0.2) is 61.2 Å². The molecule has 3 heteroatoms. The van der Waals surface area contributed by atoms with Gasteiger partial charge in [-0.3, -0.25) is 0 Å². The molecule has 198 valence electrons. The van der Waals surface area contributed by atoms with Crippen molar-refractivity contribution in [1.82, 2.24) is 0 Å². The number of hydrogen-bond donors (Lipinski definition) is 0. The molecule has 2 aromatic carbocycles. The van der Waals surface area contributed by atoms with Crippen LogP contribution < -0.4 is 4.74 Å². The molecule has 1 fully saturated rings. The predicted molar refractivity (Wildman–Crippen MR) is 151 cm³/mol. The van der Waals surface area contributed by atoms with Gasteiger partial charge in [-0.15, -0.1) is 6.58 Å². The lowest BCUT2D eigenvalue weighted by Gasteiger charge is -2.29. The Bertz CT molecular complexity index is 834. The van der Waals surface area contributed by atoms with E-state index in [2.05, 4.69) is 69.0 Å². The van der Waals surface area contributed by atoms with E-state index in [1.165, 1.54) is 75.3 Å². The van der Waals surface area contributed by atoms with E-state index >= 15 is 0 Å². The van der Waals surface area contributed by atoms with Crippen LogP contribution in [0.2, 0.25) is 0 Å². The molecule has 2 aromatic rings. The molecule has 0 amide bonds. The van der Waals surface area contributed by atoms with Crippen LogP contribution >= 0.6 is 0 Å². The quantitative estimate of drug-likeness (QED) is 0.162. The molecule has 1 aliphatic rings. The lowest BCUT2D eigenvalue weighted by Crippen LogP contribution is -2.27. The van der Waals surface area contributed by atoms with Crippen molar-refractivity contribution in [3.05, 3.63) is 66.7 Å². The molecule has 1 unspecified atom stereocenters. The summed E-state index contributed by atoms with van der Waals surface area (Å²) in [5.41, 5.74) is 3.48. The topological polar surface area (TPSA) is 27.7 Å². The van der Waals surface area contributed by atoms with Crippen molar-refractivity contribution < 1.29 is 14.2 Å². The van der Waals surface area contributed by atoms with Crippen LogP contribution in [0.3, 0.4) is 0 Å². The van der Waals surface area contributed by atoms with Crippen molar-refractivity contribution in [1.29, 1.82) is 0 Å². The van der Waals surface area contributed by atoms with Gasteiger partial charge in [0.15, 0.2) is 6.29 Å². The maximum Gasteiger partial charge on any atom is 0.183 e. The van der Waals surface area contributed by atoms with Crippen LogP contribution in [0.25, 0.3) is 11.1 Å². The van der Waals surface area contributed by atoms with Crippen LogP contribution in [0.5, 0.6) is 5.75 Å². The summed E-state index contributed by atoms with van der Waals surface area (Å²) in [5.74, 6) is 1.47. The maximum absolute atomic E-state index is 6.11. The minimum absolute atomic E-state index is 0.246. The molecule has 0 N–H and O–H groups in total. The molecular weight excluding hydrogens is 444 g/mol. The van der Waals surface area contributed by atoms with Gasteiger partial charge in [-0.25, -0.2) is 0 Å². The first-order valence-corrected chi connectivity index (χ1v) is 14.4. The molecule has 0 bridgehead atoms. The zero-order valence-electron chi connectivity index (χ0n) is 22.8. The van der Waals surface area contributed by atoms with E-state index < -0.39 is 0 Å². The van der Waals surface area contributed by atoms with Crippen molar-refractivity contribution >= 4 is 0 Å². The third-order valence-corrected chi connectivity index (χ3v) is 7.16. The largest absolute Gasteiger partial charge is 0.491 e. The molecule has 1 aliphatic heterocycles. The summed E-state index contributed by atoms with van der Waals surface area (Å²) in [6.07, 6.45) is 17.1. The molecule has 0 saturated carbocycles. The number of allylic oxidation sites excluding steroid dienone is 1. The third kappa shape index (κ3) is 10.1. The van der Waals surface area contributed by atoms with Crippen molar-refractivity contribution in [3.8, 4) is 16.9 Å². The van der Waals surface area contributed by atoms with E-state index in [4.69, 9.17) is 14.2 Å². The first-order chi connectivity index (χ1) is 17.7. The van der Waals surface area contributed by atoms with Gasteiger partial charge in [0.25, 0.3) is 0 Å². The van der Waals surface area contributed by atoms with Gasteiger partial charge in [-0.05, 0) is 62.3 Å². The lowest BCUT2D eigenvalue weighted by atomic mass is 10.0. The number of benzene rings is 2. The molecule has 1 saturated heterocycles. The predicted octanol–water partition coefficient (Wildman–Crippen LogP) is 9.67. The lowest BCUT2D eigenvalue weighted by molar-refractivity contribution is -0.206. The molecule has 0 spiro atoms. The van der Waals surface area contributed by atoms with E-state index in [-0.39, 0.29) is 12.4 Å². The smallest absolute Gasteiger partial charge is 0.183 e. The fourth-order valence-electron chi connectivity index (χ4n) is 4.86. The minimum atomic E-state index is -0.246. The maximum atomic E-state index is 6.11. The summed E-state index contributed by atoms with van der Waals surface area (Å²) in [6.45, 7) is 9.79. The Labute approximate surface area is 220 Å². The van der Waals surface area contributed by atoms with Crippen molar-refractivity contribution in [2.75, 3.05) is 13.2 Å². The Hall–Kier alpha value is -2.10. The van der Waals surface area contributed by atoms with Gasteiger partial charge in [-0.2, -0.15) is 0 Å². The van der Waals surface area contributed by atoms with Crippen molar-refractivity contribution in [2.24, 2.45) is 5.92 Å². The molecular formula is C33H48O3. The van der Waals surface area contributed by atoms with E-state index in [9.17, 15) is 0 Å². The van der Waals surface area contributed by atoms with E-state index in [1.807, 2.05) is 6.08 Å². The zero-order valence-corrected chi connectivity index (χ0v) is 22.8. The highest BCUT2D eigenvalue weighted by atomic mass is 16.7. The zero-order chi connectivity index (χ0) is 25.4. The van der Waals surface area contributed by atoms with E-state index in [0.717, 1.165) is 37.4 Å². The summed E-state index contributed by atoms with van der Waals surface area (Å²) < 4.78 is 18.3. The first kappa shape index (κ1) is 28.5. The van der Waals surface area contributed by atoms with E-state index in [1.54, 1.807) is 0 Å². The van der Waals surface area contributed by atoms with E-state index in [0.29, 0.717) is 5.92 Å². The second kappa shape index (κ2) is 16.6. The summed E-state index contributed by atoms with van der Waals surface area (Å²) >= 11 is 0. The highest BCUT2D eigenvalue weighted by molar-refractivity contribution is 5.64. The van der Waals surface area contributed by atoms with Gasteiger partial charge in [0.1, 0.15) is 5.75 Å². The van der Waals surface area contributed by atoms with Crippen LogP contribution in [-0.2, 0) is 9.47 Å². The Morgan fingerprint density at radius 2 is 1.44 bits per heavy atom. The van der Waals surface area contributed by atoms with Gasteiger partial charge < -0.3 is 14.2 Å². The average molecular weight is 493 g/mol. The SMILES string of the molecule is C=CCCCCCCCC1COC(c2ccc(-c3ccc(OC(C)CCCCCC)cc3)cc2)OC1. The van der Waals surface area contributed by atoms with Crippen molar-refractivity contribution in [2.45, 2.75) is 103 Å². The first-order valence-electron chi connectivity index (χ1n) is 14.4. The Balaban J connectivity index is 1.38. The van der Waals surface area contributed by atoms with Gasteiger partial charge in [0, 0.05) is 11.5 Å². The Morgan fingerprint density at radius 1 is 0.833 bits per heavy atom. The summed E-state index contributed by atoms with van der Waals surface area (Å²) in [4.78, 5) is 0. The molecule has 36 heavy (non-hydrogen) atoms. The average Bonchev–Trinajstić information content (AvgIpc) is 2.91. The minimum Gasteiger partial charge on any atom is -0.491 e. The number of ether oxygens (including phenoxy) is 3. The summed E-state index contributed by atoms with van der Waals surface area (Å²) in [7, 11) is 0. The van der Waals surface area contributed by atoms with Gasteiger partial charge >= 0.3 is 0 Å². The van der Waals surface area contributed by atoms with Crippen molar-refractivity contribution in [3.63, 3.8) is 0 Å². The normalized spacial score (nSPS) is 18.6. The molecule has 1 atom stereocenters. The Kier molecular flexibility index (Phi) is 13.1. The monoisotopic (exact) mass is 492 g/mol. The fourth-order valence-corrected chi connectivity index (χ4v) is 4.86. The van der Waals surface area contributed by atoms with Crippen LogP contribution in [0.4, 0.5) is 0 Å². The molecule has 0 aliphatic carbocycles. The molecule has 0 aromatic heterocycles. The summed E-state index contributed by atoms with van der Waals surface area (Å²) in [6, 6.07) is 17.0. The third-order valence-electron chi connectivity index (χ3n) is 7.16. The van der Waals surface area contributed by atoms with Gasteiger partial charge in [-0.1, -0.05) is 94.3 Å². The highest BCUT2D eigenvalue weighted by Crippen LogP contribution is 2.30. The van der Waals surface area contributed by atoms with Gasteiger partial charge in [0.05, 0.1) is 19.3 Å². The summed E-state index contributed by atoms with van der Waals surface area (Å²) in [5, 5.41) is 0. The number of unbranched alkanes of at least 4 members (excludes halogenated alkanes) is 8. The highest BCUT2D eigenvalue weighted by Gasteiger charge is 2.23. The fraction of sp³-hybridized carbons (Fsp3) is 0.576. The van der Waals surface area contributed by atoms with Crippen LogP contribution in [0.1, 0.15) is 103 Å². The Morgan fingerprint density at radius 3 is 2.11 bits per heavy atom. The van der Waals surface area contributed by atoms with Crippen LogP contribution in [-0.4, -0.2) is 19.3 Å². The van der Waals surface area contributed by atoms with Gasteiger partial charge in [0.2, 0.25) is 0 Å². The standard InChI is InChI=1S/C33H48O3/c1-4-6-8-10-11-12-14-16-28-25-34-33(35-26-28)31-19-17-29(18-20-31)30-21-23-32(24-22-30)36-27(3)15-13-9-7-5-2/h4,17-24,27-28,33H,1,5-16,25-26H2,2-3H3. The van der Waals surface area contributed by atoms with Crippen LogP contribution in [0, 0.1) is 5.92 Å². The second-order valence-corrected chi connectivity index (χ2v) is 10.4. The molecule has 3 nitrogen and oxygen atoms in total. The number of hydrogen-bond acceptors (Lipinski definition) is 3. The number of rotatable bonds is 17. The molecule has 0 radical (unpaired) electrons.